The fourth-order valence-corrected chi connectivity index (χ4v) is 4.53. The van der Waals surface area contributed by atoms with Gasteiger partial charge in [0, 0.05) is 44.1 Å². The predicted molar refractivity (Wildman–Crippen MR) is 102 cm³/mol. The van der Waals surface area contributed by atoms with Gasteiger partial charge in [0.2, 0.25) is 0 Å². The molecule has 0 bridgehead atoms. The van der Waals surface area contributed by atoms with Gasteiger partial charge >= 0.3 is 0 Å². The minimum atomic E-state index is -0.503. The number of morpholine rings is 1. The molecule has 3 rings (SSSR count). The number of thioether (sulfide) groups is 1. The van der Waals surface area contributed by atoms with Crippen LogP contribution in [0.5, 0.6) is 0 Å². The van der Waals surface area contributed by atoms with E-state index in [-0.39, 0.29) is 28.2 Å². The third-order valence-electron chi connectivity index (χ3n) is 4.66. The van der Waals surface area contributed by atoms with Crippen LogP contribution >= 0.6 is 23.4 Å². The Labute approximate surface area is 161 Å². The average Bonchev–Trinajstić information content (AvgIpc) is 2.87. The molecule has 2 fully saturated rings. The second-order valence-corrected chi connectivity index (χ2v) is 7.97. The van der Waals surface area contributed by atoms with Crippen molar-refractivity contribution in [1.29, 1.82) is 0 Å². The van der Waals surface area contributed by atoms with E-state index in [4.69, 9.17) is 16.3 Å². The predicted octanol–water partition coefficient (Wildman–Crippen LogP) is 2.53. The zero-order valence-corrected chi connectivity index (χ0v) is 16.0. The van der Waals surface area contributed by atoms with Crippen molar-refractivity contribution in [2.45, 2.75) is 12.5 Å². The maximum Gasteiger partial charge on any atom is 0.270 e. The van der Waals surface area contributed by atoms with Crippen molar-refractivity contribution < 1.29 is 14.5 Å². The first-order chi connectivity index (χ1) is 12.6. The fourth-order valence-electron chi connectivity index (χ4n) is 3.27. The Balaban J connectivity index is 1.81. The molecule has 0 aliphatic carbocycles. The first-order valence-corrected chi connectivity index (χ1v) is 10.2. The Morgan fingerprint density at radius 2 is 2.12 bits per heavy atom. The number of carbonyl (C=O) groups is 1. The molecule has 26 heavy (non-hydrogen) atoms. The second-order valence-electron chi connectivity index (χ2n) is 6.42. The summed E-state index contributed by atoms with van der Waals surface area (Å²) in [5.74, 6) is 1.64. The average molecular weight is 400 g/mol. The highest BCUT2D eigenvalue weighted by Crippen LogP contribution is 2.26. The number of carbonyl (C=O) groups excluding carboxylic acids is 1. The van der Waals surface area contributed by atoms with Crippen LogP contribution in [0.1, 0.15) is 16.8 Å². The molecule has 2 heterocycles. The number of hydrogen-bond acceptors (Lipinski definition) is 6. The topological polar surface area (TPSA) is 75.9 Å². The molecule has 0 radical (unpaired) electrons. The lowest BCUT2D eigenvalue weighted by atomic mass is 10.1. The molecule has 7 nitrogen and oxygen atoms in total. The smallest absolute Gasteiger partial charge is 0.270 e. The van der Waals surface area contributed by atoms with E-state index < -0.39 is 4.92 Å². The third kappa shape index (κ3) is 4.68. The summed E-state index contributed by atoms with van der Waals surface area (Å²) in [7, 11) is 0. The molecule has 2 aliphatic heterocycles. The molecular formula is C17H22ClN3O4S. The molecule has 1 atom stereocenters. The van der Waals surface area contributed by atoms with Crippen molar-refractivity contribution >= 4 is 35.0 Å². The molecule has 1 unspecified atom stereocenters. The van der Waals surface area contributed by atoms with Gasteiger partial charge in [0.1, 0.15) is 0 Å². The number of non-ortho nitro benzene ring substituents is 1. The highest BCUT2D eigenvalue weighted by molar-refractivity contribution is 7.99. The van der Waals surface area contributed by atoms with Gasteiger partial charge in [-0.15, -0.1) is 0 Å². The van der Waals surface area contributed by atoms with Gasteiger partial charge < -0.3 is 9.64 Å². The lowest BCUT2D eigenvalue weighted by molar-refractivity contribution is -0.384. The summed E-state index contributed by atoms with van der Waals surface area (Å²) in [5.41, 5.74) is 0.0893. The summed E-state index contributed by atoms with van der Waals surface area (Å²) < 4.78 is 5.40. The Morgan fingerprint density at radius 3 is 2.85 bits per heavy atom. The molecule has 2 aliphatic rings. The van der Waals surface area contributed by atoms with Crippen LogP contribution in [0.2, 0.25) is 5.02 Å². The van der Waals surface area contributed by atoms with Crippen molar-refractivity contribution in [1.82, 2.24) is 9.80 Å². The Hall–Kier alpha value is -1.35. The van der Waals surface area contributed by atoms with Gasteiger partial charge in [0.15, 0.2) is 0 Å². The summed E-state index contributed by atoms with van der Waals surface area (Å²) in [4.78, 5) is 27.9. The number of amides is 1. The van der Waals surface area contributed by atoms with E-state index in [1.807, 2.05) is 16.7 Å². The number of nitro groups is 1. The maximum atomic E-state index is 13.2. The van der Waals surface area contributed by atoms with Crippen LogP contribution in [0.15, 0.2) is 18.2 Å². The molecule has 0 spiro atoms. The molecule has 1 aromatic rings. The zero-order chi connectivity index (χ0) is 18.5. The van der Waals surface area contributed by atoms with Crippen molar-refractivity contribution in [2.24, 2.45) is 0 Å². The standard InChI is InChI=1S/C17H22ClN3O4S/c18-16-3-2-13(21(23)24)10-15(16)17(22)20-4-1-9-26-12-14(20)11-19-5-7-25-8-6-19/h2-3,10,14H,1,4-9,11-12H2. The molecule has 1 aromatic carbocycles. The van der Waals surface area contributed by atoms with E-state index in [2.05, 4.69) is 4.90 Å². The SMILES string of the molecule is O=C(c1cc([N+](=O)[O-])ccc1Cl)N1CCCSCC1CN1CCOCC1. The summed E-state index contributed by atoms with van der Waals surface area (Å²) >= 11 is 8.04. The Kier molecular flexibility index (Phi) is 6.74. The van der Waals surface area contributed by atoms with Crippen LogP contribution in [-0.4, -0.2) is 77.6 Å². The van der Waals surface area contributed by atoms with E-state index in [0.29, 0.717) is 19.8 Å². The zero-order valence-electron chi connectivity index (χ0n) is 14.4. The summed E-state index contributed by atoms with van der Waals surface area (Å²) in [6, 6.07) is 4.09. The van der Waals surface area contributed by atoms with Crippen LogP contribution in [0.3, 0.4) is 0 Å². The normalized spacial score (nSPS) is 22.0. The lowest BCUT2D eigenvalue weighted by Crippen LogP contribution is -2.50. The number of nitrogens with zero attached hydrogens (tertiary/aromatic N) is 3. The quantitative estimate of drug-likeness (QED) is 0.572. The third-order valence-corrected chi connectivity index (χ3v) is 6.19. The van der Waals surface area contributed by atoms with Gasteiger partial charge in [-0.3, -0.25) is 19.8 Å². The van der Waals surface area contributed by atoms with Crippen molar-refractivity contribution in [2.75, 3.05) is 50.9 Å². The monoisotopic (exact) mass is 399 g/mol. The summed E-state index contributed by atoms with van der Waals surface area (Å²) in [6.45, 7) is 4.57. The number of hydrogen-bond donors (Lipinski definition) is 0. The highest BCUT2D eigenvalue weighted by atomic mass is 35.5. The minimum Gasteiger partial charge on any atom is -0.379 e. The van der Waals surface area contributed by atoms with Crippen molar-refractivity contribution in [3.63, 3.8) is 0 Å². The fraction of sp³-hybridized carbons (Fsp3) is 0.588. The van der Waals surface area contributed by atoms with E-state index in [1.165, 1.54) is 18.2 Å². The van der Waals surface area contributed by atoms with Gasteiger partial charge in [0.05, 0.1) is 34.8 Å². The van der Waals surface area contributed by atoms with Crippen LogP contribution in [0.4, 0.5) is 5.69 Å². The van der Waals surface area contributed by atoms with Gasteiger partial charge in [-0.25, -0.2) is 0 Å². The van der Waals surface area contributed by atoms with E-state index in [0.717, 1.165) is 37.6 Å². The highest BCUT2D eigenvalue weighted by Gasteiger charge is 2.30. The van der Waals surface area contributed by atoms with E-state index in [9.17, 15) is 14.9 Å². The summed E-state index contributed by atoms with van der Waals surface area (Å²) in [6.07, 6.45) is 0.905. The van der Waals surface area contributed by atoms with Crippen molar-refractivity contribution in [3.05, 3.63) is 38.9 Å². The van der Waals surface area contributed by atoms with Crippen LogP contribution < -0.4 is 0 Å². The molecule has 142 valence electrons. The number of benzene rings is 1. The lowest BCUT2D eigenvalue weighted by Gasteiger charge is -2.35. The first kappa shape index (κ1) is 19.4. The van der Waals surface area contributed by atoms with Gasteiger partial charge in [0.25, 0.3) is 11.6 Å². The Bertz CT molecular complexity index is 669. The Morgan fingerprint density at radius 1 is 1.35 bits per heavy atom. The largest absolute Gasteiger partial charge is 0.379 e. The molecule has 0 saturated carbocycles. The number of halogens is 1. The summed E-state index contributed by atoms with van der Waals surface area (Å²) in [5, 5.41) is 11.3. The molecular weight excluding hydrogens is 378 g/mol. The molecule has 0 aromatic heterocycles. The number of nitro benzene ring substituents is 1. The van der Waals surface area contributed by atoms with E-state index in [1.54, 1.807) is 0 Å². The number of rotatable bonds is 4. The molecule has 0 N–H and O–H groups in total. The molecule has 9 heteroatoms. The van der Waals surface area contributed by atoms with Crippen LogP contribution in [-0.2, 0) is 4.74 Å². The van der Waals surface area contributed by atoms with Gasteiger partial charge in [-0.05, 0) is 18.2 Å². The molecule has 2 saturated heterocycles. The van der Waals surface area contributed by atoms with E-state index >= 15 is 0 Å². The van der Waals surface area contributed by atoms with Crippen LogP contribution in [0.25, 0.3) is 0 Å². The van der Waals surface area contributed by atoms with Crippen molar-refractivity contribution in [3.8, 4) is 0 Å². The van der Waals surface area contributed by atoms with Gasteiger partial charge in [-0.2, -0.15) is 11.8 Å². The van der Waals surface area contributed by atoms with Gasteiger partial charge in [-0.1, -0.05) is 11.6 Å². The molecule has 1 amide bonds. The first-order valence-electron chi connectivity index (χ1n) is 8.69. The number of ether oxygens (including phenoxy) is 1. The second kappa shape index (κ2) is 9.03. The maximum absolute atomic E-state index is 13.2. The van der Waals surface area contributed by atoms with Crippen LogP contribution in [0, 0.1) is 10.1 Å². The minimum absolute atomic E-state index is 0.0587.